The highest BCUT2D eigenvalue weighted by Gasteiger charge is 2.72. The highest BCUT2D eigenvalue weighted by molar-refractivity contribution is 5.94. The molecule has 2 heterocycles. The summed E-state index contributed by atoms with van der Waals surface area (Å²) in [6.45, 7) is -0.882. The topological polar surface area (TPSA) is 66.9 Å². The maximum absolute atomic E-state index is 13.4. The minimum Gasteiger partial charge on any atom is -0.319 e. The van der Waals surface area contributed by atoms with Crippen LogP contribution < -0.4 is 10.6 Å². The number of hydrogen-bond acceptors (Lipinski definition) is 4. The average molecular weight is 378 g/mol. The Kier molecular flexibility index (Phi) is 5.50. The number of carbonyl (C=O) groups excluding carboxylic acids is 1. The van der Waals surface area contributed by atoms with Gasteiger partial charge in [-0.25, -0.2) is 0 Å². The molecule has 11 heteroatoms. The van der Waals surface area contributed by atoms with Gasteiger partial charge in [0.2, 0.25) is 0 Å². The third-order valence-corrected chi connectivity index (χ3v) is 3.34. The average Bonchev–Trinajstić information content (AvgIpc) is 2.58. The SMILES string of the molecule is O=C(NC(NCc1ccccn1)(C(F)(F)F)C(F)(F)F)c1cccnc1. The molecule has 1 amide bonds. The Morgan fingerprint density at radius 2 is 1.65 bits per heavy atom. The summed E-state index contributed by atoms with van der Waals surface area (Å²) in [5, 5.41) is 2.39. The van der Waals surface area contributed by atoms with E-state index in [9.17, 15) is 31.1 Å². The smallest absolute Gasteiger partial charge is 0.319 e. The van der Waals surface area contributed by atoms with E-state index in [-0.39, 0.29) is 5.69 Å². The van der Waals surface area contributed by atoms with Crippen molar-refractivity contribution in [1.82, 2.24) is 20.6 Å². The molecule has 0 aromatic carbocycles. The van der Waals surface area contributed by atoms with Crippen LogP contribution in [0.2, 0.25) is 0 Å². The summed E-state index contributed by atoms with van der Waals surface area (Å²) in [5.41, 5.74) is -5.18. The monoisotopic (exact) mass is 378 g/mol. The molecule has 0 saturated heterocycles. The summed E-state index contributed by atoms with van der Waals surface area (Å²) in [6, 6.07) is 6.35. The Morgan fingerprint density at radius 3 is 2.15 bits per heavy atom. The summed E-state index contributed by atoms with van der Waals surface area (Å²) >= 11 is 0. The summed E-state index contributed by atoms with van der Waals surface area (Å²) in [5.74, 6) is -1.58. The number of pyridine rings is 2. The maximum atomic E-state index is 13.4. The molecule has 0 atom stereocenters. The van der Waals surface area contributed by atoms with E-state index < -0.39 is 36.0 Å². The van der Waals surface area contributed by atoms with Crippen molar-refractivity contribution in [3.63, 3.8) is 0 Å². The van der Waals surface area contributed by atoms with E-state index in [1.165, 1.54) is 42.0 Å². The fourth-order valence-electron chi connectivity index (χ4n) is 2.01. The number of amides is 1. The normalized spacial score (nSPS) is 12.7. The van der Waals surface area contributed by atoms with Crippen molar-refractivity contribution in [2.75, 3.05) is 0 Å². The second-order valence-corrected chi connectivity index (χ2v) is 5.12. The van der Waals surface area contributed by atoms with E-state index in [0.717, 1.165) is 17.6 Å². The van der Waals surface area contributed by atoms with Gasteiger partial charge in [0.15, 0.2) is 0 Å². The van der Waals surface area contributed by atoms with Crippen LogP contribution in [0.5, 0.6) is 0 Å². The van der Waals surface area contributed by atoms with Crippen molar-refractivity contribution < 1.29 is 31.1 Å². The number of alkyl halides is 6. The Labute approximate surface area is 143 Å². The van der Waals surface area contributed by atoms with Crippen LogP contribution in [0.4, 0.5) is 26.3 Å². The van der Waals surface area contributed by atoms with Gasteiger partial charge in [-0.05, 0) is 24.3 Å². The number of halogens is 6. The molecule has 140 valence electrons. The van der Waals surface area contributed by atoms with E-state index in [2.05, 4.69) is 9.97 Å². The maximum Gasteiger partial charge on any atom is 0.434 e. The first-order valence-corrected chi connectivity index (χ1v) is 7.08. The number of carbonyl (C=O) groups is 1. The fourth-order valence-corrected chi connectivity index (χ4v) is 2.01. The van der Waals surface area contributed by atoms with Gasteiger partial charge in [-0.15, -0.1) is 0 Å². The molecule has 0 aliphatic carbocycles. The molecule has 0 unspecified atom stereocenters. The highest BCUT2D eigenvalue weighted by Crippen LogP contribution is 2.41. The summed E-state index contributed by atoms with van der Waals surface area (Å²) in [4.78, 5) is 19.1. The van der Waals surface area contributed by atoms with Crippen molar-refractivity contribution in [2.45, 2.75) is 24.6 Å². The molecule has 0 saturated carbocycles. The van der Waals surface area contributed by atoms with Crippen LogP contribution in [0, 0.1) is 0 Å². The predicted molar refractivity (Wildman–Crippen MR) is 77.6 cm³/mol. The molecular weight excluding hydrogens is 366 g/mol. The number of hydrogen-bond donors (Lipinski definition) is 2. The minimum absolute atomic E-state index is 0.0685. The second kappa shape index (κ2) is 7.28. The standard InChI is InChI=1S/C15H12F6N4O/c16-14(17,18)13(15(19,20)21,24-9-11-5-1-2-7-23-11)25-12(26)10-4-3-6-22-8-10/h1-8,24H,9H2,(H,25,26). The Balaban J connectivity index is 2.38. The van der Waals surface area contributed by atoms with Gasteiger partial charge in [0.1, 0.15) is 0 Å². The largest absolute Gasteiger partial charge is 0.434 e. The molecule has 2 aromatic heterocycles. The first-order valence-electron chi connectivity index (χ1n) is 7.08. The molecule has 0 bridgehead atoms. The highest BCUT2D eigenvalue weighted by atomic mass is 19.4. The van der Waals surface area contributed by atoms with Crippen molar-refractivity contribution in [2.24, 2.45) is 0 Å². The van der Waals surface area contributed by atoms with Crippen LogP contribution in [0.15, 0.2) is 48.9 Å². The van der Waals surface area contributed by atoms with Crippen molar-refractivity contribution >= 4 is 5.91 Å². The van der Waals surface area contributed by atoms with Gasteiger partial charge in [0.05, 0.1) is 11.3 Å². The summed E-state index contributed by atoms with van der Waals surface area (Å²) in [6.07, 6.45) is -8.47. The molecule has 2 aromatic rings. The Morgan fingerprint density at radius 1 is 0.962 bits per heavy atom. The van der Waals surface area contributed by atoms with Gasteiger partial charge >= 0.3 is 12.4 Å². The lowest BCUT2D eigenvalue weighted by molar-refractivity contribution is -0.314. The molecule has 2 N–H and O–H groups in total. The molecule has 5 nitrogen and oxygen atoms in total. The molecular formula is C15H12F6N4O. The lowest BCUT2D eigenvalue weighted by Gasteiger charge is -2.38. The van der Waals surface area contributed by atoms with E-state index in [1.807, 2.05) is 0 Å². The van der Waals surface area contributed by atoms with E-state index in [1.54, 1.807) is 0 Å². The van der Waals surface area contributed by atoms with Crippen LogP contribution in [0.25, 0.3) is 0 Å². The quantitative estimate of drug-likeness (QED) is 0.620. The van der Waals surface area contributed by atoms with Crippen molar-refractivity contribution in [1.29, 1.82) is 0 Å². The number of rotatable bonds is 5. The Bertz CT molecular complexity index is 719. The molecule has 0 fully saturated rings. The minimum atomic E-state index is -5.88. The molecule has 0 spiro atoms. The zero-order valence-electron chi connectivity index (χ0n) is 12.9. The van der Waals surface area contributed by atoms with E-state index >= 15 is 0 Å². The van der Waals surface area contributed by atoms with Gasteiger partial charge in [-0.2, -0.15) is 26.3 Å². The van der Waals surface area contributed by atoms with E-state index in [0.29, 0.717) is 0 Å². The van der Waals surface area contributed by atoms with Crippen molar-refractivity contribution in [3.8, 4) is 0 Å². The number of nitrogens with one attached hydrogen (secondary N) is 2. The van der Waals surface area contributed by atoms with Crippen LogP contribution in [0.1, 0.15) is 16.1 Å². The van der Waals surface area contributed by atoms with Crippen LogP contribution >= 0.6 is 0 Å². The first kappa shape index (κ1) is 19.6. The molecule has 0 radical (unpaired) electrons. The van der Waals surface area contributed by atoms with Gasteiger partial charge in [-0.3, -0.25) is 20.1 Å². The van der Waals surface area contributed by atoms with Gasteiger partial charge < -0.3 is 5.32 Å². The predicted octanol–water partition coefficient (Wildman–Crippen LogP) is 2.82. The van der Waals surface area contributed by atoms with E-state index in [4.69, 9.17) is 0 Å². The number of nitrogens with zero attached hydrogens (tertiary/aromatic N) is 2. The zero-order chi connectivity index (χ0) is 19.4. The van der Waals surface area contributed by atoms with Gasteiger partial charge in [-0.1, -0.05) is 6.07 Å². The molecule has 0 aliphatic rings. The first-order chi connectivity index (χ1) is 12.1. The Hall–Kier alpha value is -2.69. The number of aromatic nitrogens is 2. The molecule has 0 aliphatic heterocycles. The lowest BCUT2D eigenvalue weighted by atomic mass is 10.1. The van der Waals surface area contributed by atoms with Crippen molar-refractivity contribution in [3.05, 3.63) is 60.2 Å². The van der Waals surface area contributed by atoms with Crippen LogP contribution in [0.3, 0.4) is 0 Å². The van der Waals surface area contributed by atoms with Gasteiger partial charge in [0.25, 0.3) is 11.6 Å². The van der Waals surface area contributed by atoms with Crippen LogP contribution in [-0.4, -0.2) is 33.9 Å². The third-order valence-electron chi connectivity index (χ3n) is 3.34. The molecule has 2 rings (SSSR count). The molecule has 26 heavy (non-hydrogen) atoms. The zero-order valence-corrected chi connectivity index (χ0v) is 12.9. The second-order valence-electron chi connectivity index (χ2n) is 5.12. The third kappa shape index (κ3) is 4.10. The fraction of sp³-hybridized carbons (Fsp3) is 0.267. The lowest BCUT2D eigenvalue weighted by Crippen LogP contribution is -2.75. The summed E-state index contributed by atoms with van der Waals surface area (Å²) < 4.78 is 80.5. The summed E-state index contributed by atoms with van der Waals surface area (Å²) in [7, 11) is 0. The van der Waals surface area contributed by atoms with Crippen LogP contribution in [-0.2, 0) is 6.54 Å². The van der Waals surface area contributed by atoms with Gasteiger partial charge in [0, 0.05) is 25.1 Å².